The molecule has 9 heteroatoms. The van der Waals surface area contributed by atoms with Crippen LogP contribution < -0.4 is 0 Å². The molecule has 1 aromatic rings. The van der Waals surface area contributed by atoms with Crippen molar-refractivity contribution in [3.63, 3.8) is 0 Å². The summed E-state index contributed by atoms with van der Waals surface area (Å²) < 4.78 is 36.8. The highest BCUT2D eigenvalue weighted by atomic mass is 32.2. The van der Waals surface area contributed by atoms with Crippen LogP contribution >= 0.6 is 11.8 Å². The quantitative estimate of drug-likeness (QED) is 0.783. The maximum absolute atomic E-state index is 13.0. The SMILES string of the molecule is N#CCC(=O)N=C1S[C@@H]2CS(=O)(=O)C[C@H]2N1CCc1ccc(F)cc1. The fraction of sp³-hybridized carbons (Fsp3) is 0.438. The third-order valence-electron chi connectivity index (χ3n) is 4.18. The largest absolute Gasteiger partial charge is 0.346 e. The average molecular weight is 381 g/mol. The van der Waals surface area contributed by atoms with E-state index >= 15 is 0 Å². The zero-order valence-corrected chi connectivity index (χ0v) is 14.9. The van der Waals surface area contributed by atoms with Gasteiger partial charge in [0.15, 0.2) is 15.0 Å². The van der Waals surface area contributed by atoms with E-state index < -0.39 is 15.7 Å². The fourth-order valence-electron chi connectivity index (χ4n) is 3.01. The molecule has 0 spiro atoms. The molecular formula is C16H16FN3O3S2. The van der Waals surface area contributed by atoms with E-state index in [0.717, 1.165) is 5.56 Å². The molecule has 2 heterocycles. The Labute approximate surface area is 149 Å². The van der Waals surface area contributed by atoms with Gasteiger partial charge >= 0.3 is 0 Å². The fourth-order valence-corrected chi connectivity index (χ4v) is 7.01. The summed E-state index contributed by atoms with van der Waals surface area (Å²) in [7, 11) is -3.09. The van der Waals surface area contributed by atoms with Gasteiger partial charge in [-0.3, -0.25) is 4.79 Å². The molecule has 0 bridgehead atoms. The second kappa shape index (κ2) is 7.14. The Morgan fingerprint density at radius 1 is 1.36 bits per heavy atom. The number of benzene rings is 1. The van der Waals surface area contributed by atoms with Crippen molar-refractivity contribution >= 4 is 32.7 Å². The highest BCUT2D eigenvalue weighted by molar-refractivity contribution is 8.15. The molecule has 0 saturated carbocycles. The van der Waals surface area contributed by atoms with E-state index in [-0.39, 0.29) is 35.0 Å². The Bertz CT molecular complexity index is 846. The summed E-state index contributed by atoms with van der Waals surface area (Å²) in [6.07, 6.45) is 0.277. The van der Waals surface area contributed by atoms with Gasteiger partial charge in [0, 0.05) is 11.8 Å². The highest BCUT2D eigenvalue weighted by Gasteiger charge is 2.48. The van der Waals surface area contributed by atoms with Crippen molar-refractivity contribution in [2.24, 2.45) is 4.99 Å². The van der Waals surface area contributed by atoms with Crippen molar-refractivity contribution in [2.75, 3.05) is 18.1 Å². The van der Waals surface area contributed by atoms with E-state index in [1.807, 2.05) is 4.90 Å². The van der Waals surface area contributed by atoms with Crippen LogP contribution in [0.5, 0.6) is 0 Å². The first kappa shape index (κ1) is 17.9. The molecule has 0 aromatic heterocycles. The zero-order valence-electron chi connectivity index (χ0n) is 13.3. The van der Waals surface area contributed by atoms with Crippen LogP contribution in [0.2, 0.25) is 0 Å². The molecule has 2 atom stereocenters. The van der Waals surface area contributed by atoms with Gasteiger partial charge in [0.2, 0.25) is 0 Å². The van der Waals surface area contributed by atoms with Crippen LogP contribution in [0.25, 0.3) is 0 Å². The van der Waals surface area contributed by atoms with E-state index in [2.05, 4.69) is 4.99 Å². The Balaban J connectivity index is 1.78. The molecule has 2 aliphatic heterocycles. The van der Waals surface area contributed by atoms with Gasteiger partial charge in [0.25, 0.3) is 5.91 Å². The van der Waals surface area contributed by atoms with Gasteiger partial charge in [-0.25, -0.2) is 12.8 Å². The summed E-state index contributed by atoms with van der Waals surface area (Å²) >= 11 is 1.29. The molecular weight excluding hydrogens is 365 g/mol. The van der Waals surface area contributed by atoms with Gasteiger partial charge < -0.3 is 4.90 Å². The first-order valence-electron chi connectivity index (χ1n) is 7.74. The number of halogens is 1. The molecule has 132 valence electrons. The number of aliphatic imine (C=N–C) groups is 1. The summed E-state index contributed by atoms with van der Waals surface area (Å²) in [5.74, 6) is -0.730. The number of carbonyl (C=O) groups excluding carboxylic acids is 1. The Kier molecular flexibility index (Phi) is 5.11. The van der Waals surface area contributed by atoms with Crippen LogP contribution in [0.3, 0.4) is 0 Å². The molecule has 6 nitrogen and oxygen atoms in total. The topological polar surface area (TPSA) is 90.6 Å². The monoisotopic (exact) mass is 381 g/mol. The number of carbonyl (C=O) groups is 1. The van der Waals surface area contributed by atoms with Crippen molar-refractivity contribution < 1.29 is 17.6 Å². The van der Waals surface area contributed by atoms with E-state index in [0.29, 0.717) is 18.1 Å². The number of hydrogen-bond donors (Lipinski definition) is 0. The smallest absolute Gasteiger partial charge is 0.262 e. The lowest BCUT2D eigenvalue weighted by molar-refractivity contribution is -0.116. The summed E-state index contributed by atoms with van der Waals surface area (Å²) in [6, 6.07) is 7.66. The maximum atomic E-state index is 13.0. The van der Waals surface area contributed by atoms with E-state index in [1.165, 1.54) is 23.9 Å². The molecule has 2 saturated heterocycles. The molecule has 1 aromatic carbocycles. The van der Waals surface area contributed by atoms with Crippen molar-refractivity contribution in [3.8, 4) is 6.07 Å². The van der Waals surface area contributed by atoms with Crippen LogP contribution in [0, 0.1) is 17.1 Å². The second-order valence-electron chi connectivity index (χ2n) is 5.99. The molecule has 0 radical (unpaired) electrons. The predicted molar refractivity (Wildman–Crippen MR) is 93.3 cm³/mol. The van der Waals surface area contributed by atoms with Crippen molar-refractivity contribution in [1.29, 1.82) is 5.26 Å². The number of nitriles is 1. The second-order valence-corrected chi connectivity index (χ2v) is 9.35. The van der Waals surface area contributed by atoms with Gasteiger partial charge in [-0.15, -0.1) is 0 Å². The first-order valence-corrected chi connectivity index (χ1v) is 10.4. The van der Waals surface area contributed by atoms with E-state index in [9.17, 15) is 17.6 Å². The van der Waals surface area contributed by atoms with Crippen LogP contribution in [-0.4, -0.2) is 53.7 Å². The predicted octanol–water partition coefficient (Wildman–Crippen LogP) is 1.38. The van der Waals surface area contributed by atoms with Crippen LogP contribution in [-0.2, 0) is 21.1 Å². The summed E-state index contributed by atoms with van der Waals surface area (Å²) in [5, 5.41) is 8.94. The number of nitrogens with zero attached hydrogens (tertiary/aromatic N) is 3. The molecule has 1 amide bonds. The van der Waals surface area contributed by atoms with Crippen LogP contribution in [0.15, 0.2) is 29.3 Å². The summed E-state index contributed by atoms with van der Waals surface area (Å²) in [4.78, 5) is 17.5. The third kappa shape index (κ3) is 4.19. The van der Waals surface area contributed by atoms with Gasteiger partial charge in [0.1, 0.15) is 12.2 Å². The van der Waals surface area contributed by atoms with Crippen molar-refractivity contribution in [2.45, 2.75) is 24.1 Å². The van der Waals surface area contributed by atoms with E-state index in [4.69, 9.17) is 5.26 Å². The lowest BCUT2D eigenvalue weighted by Crippen LogP contribution is -2.39. The third-order valence-corrected chi connectivity index (χ3v) is 7.43. The number of amides is 1. The number of hydrogen-bond acceptors (Lipinski definition) is 5. The zero-order chi connectivity index (χ0) is 18.0. The lowest BCUT2D eigenvalue weighted by Gasteiger charge is -2.24. The minimum absolute atomic E-state index is 0.0412. The van der Waals surface area contributed by atoms with Crippen LogP contribution in [0.4, 0.5) is 4.39 Å². The molecule has 3 rings (SSSR count). The normalized spacial score (nSPS) is 25.8. The maximum Gasteiger partial charge on any atom is 0.262 e. The van der Waals surface area contributed by atoms with Crippen molar-refractivity contribution in [1.82, 2.24) is 4.90 Å². The van der Waals surface area contributed by atoms with Gasteiger partial charge in [0.05, 0.1) is 23.6 Å². The van der Waals surface area contributed by atoms with Crippen LogP contribution in [0.1, 0.15) is 12.0 Å². The molecule has 25 heavy (non-hydrogen) atoms. The first-order chi connectivity index (χ1) is 11.9. The standard InChI is InChI=1S/C16H16FN3O3S2/c17-12-3-1-11(2-4-12)6-8-20-13-9-25(22,23)10-14(13)24-16(20)19-15(21)5-7-18/h1-4,13-14H,5-6,8-10H2/t13-,14-/m1/s1. The Morgan fingerprint density at radius 2 is 2.08 bits per heavy atom. The van der Waals surface area contributed by atoms with Crippen molar-refractivity contribution in [3.05, 3.63) is 35.6 Å². The minimum Gasteiger partial charge on any atom is -0.346 e. The number of thioether (sulfide) groups is 1. The number of fused-ring (bicyclic) bond motifs is 1. The van der Waals surface area contributed by atoms with Gasteiger partial charge in [-0.1, -0.05) is 23.9 Å². The lowest BCUT2D eigenvalue weighted by atomic mass is 10.1. The molecule has 2 fully saturated rings. The highest BCUT2D eigenvalue weighted by Crippen LogP contribution is 2.38. The molecule has 0 aliphatic carbocycles. The molecule has 2 aliphatic rings. The molecule has 0 unspecified atom stereocenters. The molecule has 0 N–H and O–H groups in total. The number of rotatable bonds is 4. The average Bonchev–Trinajstić information content (AvgIpc) is 2.98. The summed E-state index contributed by atoms with van der Waals surface area (Å²) in [6.45, 7) is 0.480. The van der Waals surface area contributed by atoms with Gasteiger partial charge in [-0.05, 0) is 24.1 Å². The Hall–Kier alpha value is -1.92. The Morgan fingerprint density at radius 3 is 2.76 bits per heavy atom. The summed E-state index contributed by atoms with van der Waals surface area (Å²) in [5.41, 5.74) is 0.915. The van der Waals surface area contributed by atoms with Gasteiger partial charge in [-0.2, -0.15) is 10.3 Å². The van der Waals surface area contributed by atoms with E-state index in [1.54, 1.807) is 18.2 Å². The minimum atomic E-state index is -3.09. The number of sulfone groups is 1. The number of amidine groups is 1.